The van der Waals surface area contributed by atoms with Crippen molar-refractivity contribution in [2.45, 2.75) is 51.2 Å². The third-order valence-corrected chi connectivity index (χ3v) is 4.88. The number of fused-ring (bicyclic) bond motifs is 1. The molecule has 0 amide bonds. The van der Waals surface area contributed by atoms with E-state index in [9.17, 15) is 0 Å². The molecule has 0 unspecified atom stereocenters. The van der Waals surface area contributed by atoms with Gasteiger partial charge in [0, 0.05) is 10.9 Å². The Morgan fingerprint density at radius 1 is 1.32 bits per heavy atom. The molecule has 0 saturated heterocycles. The summed E-state index contributed by atoms with van der Waals surface area (Å²) in [6, 6.07) is 2.50. The van der Waals surface area contributed by atoms with E-state index in [2.05, 4.69) is 23.0 Å². The zero-order valence-corrected chi connectivity index (χ0v) is 11.9. The maximum absolute atomic E-state index is 6.07. The van der Waals surface area contributed by atoms with Crippen molar-refractivity contribution in [1.29, 1.82) is 0 Å². The van der Waals surface area contributed by atoms with Crippen LogP contribution in [0.4, 0.5) is 0 Å². The van der Waals surface area contributed by atoms with Gasteiger partial charge < -0.3 is 10.5 Å². The Morgan fingerprint density at radius 2 is 2.11 bits per heavy atom. The van der Waals surface area contributed by atoms with Crippen molar-refractivity contribution >= 4 is 21.6 Å². The Balaban J connectivity index is 1.82. The maximum Gasteiger partial charge on any atom is 0.225 e. The van der Waals surface area contributed by atoms with E-state index in [-0.39, 0.29) is 6.10 Å². The van der Waals surface area contributed by atoms with Gasteiger partial charge in [-0.15, -0.1) is 11.3 Å². The van der Waals surface area contributed by atoms with Gasteiger partial charge in [-0.2, -0.15) is 0 Å². The highest BCUT2D eigenvalue weighted by Gasteiger charge is 2.21. The van der Waals surface area contributed by atoms with E-state index in [1.165, 1.54) is 4.88 Å². The summed E-state index contributed by atoms with van der Waals surface area (Å²) in [5, 5.41) is 1.05. The average Bonchev–Trinajstić information content (AvgIpc) is 2.85. The Hall–Kier alpha value is -1.20. The second-order valence-corrected chi connectivity index (χ2v) is 6.23. The number of rotatable bonds is 3. The number of aromatic nitrogens is 2. The summed E-state index contributed by atoms with van der Waals surface area (Å²) >= 11 is 1.72. The highest BCUT2D eigenvalue weighted by molar-refractivity contribution is 7.18. The minimum Gasteiger partial charge on any atom is -0.474 e. The highest BCUT2D eigenvalue weighted by Crippen LogP contribution is 2.31. The molecule has 0 radical (unpaired) electrons. The molecule has 0 aliphatic heterocycles. The van der Waals surface area contributed by atoms with Gasteiger partial charge in [-0.1, -0.05) is 6.92 Å². The fourth-order valence-electron chi connectivity index (χ4n) is 2.52. The van der Waals surface area contributed by atoms with Gasteiger partial charge in [0.05, 0.1) is 5.39 Å². The Morgan fingerprint density at radius 3 is 2.84 bits per heavy atom. The van der Waals surface area contributed by atoms with Gasteiger partial charge in [0.1, 0.15) is 17.3 Å². The number of hydrogen-bond acceptors (Lipinski definition) is 5. The minimum atomic E-state index is 0.253. The molecule has 2 aromatic rings. The monoisotopic (exact) mass is 277 g/mol. The lowest BCUT2D eigenvalue weighted by Crippen LogP contribution is -2.31. The molecule has 3 rings (SSSR count). The van der Waals surface area contributed by atoms with Gasteiger partial charge in [-0.25, -0.2) is 9.97 Å². The first-order valence-electron chi connectivity index (χ1n) is 6.92. The number of nitrogens with two attached hydrogens (primary N) is 1. The third kappa shape index (κ3) is 2.72. The van der Waals surface area contributed by atoms with E-state index >= 15 is 0 Å². The van der Waals surface area contributed by atoms with E-state index in [0.29, 0.717) is 6.04 Å². The Kier molecular flexibility index (Phi) is 3.66. The van der Waals surface area contributed by atoms with Crippen LogP contribution < -0.4 is 10.5 Å². The second kappa shape index (κ2) is 5.43. The molecule has 0 aromatic carbocycles. The van der Waals surface area contributed by atoms with Gasteiger partial charge in [0.15, 0.2) is 0 Å². The Labute approximate surface area is 117 Å². The van der Waals surface area contributed by atoms with E-state index < -0.39 is 0 Å². The lowest BCUT2D eigenvalue weighted by molar-refractivity contribution is 0.143. The fraction of sp³-hybridized carbons (Fsp3) is 0.571. The number of ether oxygens (including phenoxy) is 1. The molecule has 2 aromatic heterocycles. The van der Waals surface area contributed by atoms with Crippen LogP contribution in [0, 0.1) is 0 Å². The van der Waals surface area contributed by atoms with E-state index in [1.54, 1.807) is 17.7 Å². The molecular formula is C14H19N3OS. The first-order chi connectivity index (χ1) is 9.26. The Bertz CT molecular complexity index is 561. The average molecular weight is 277 g/mol. The van der Waals surface area contributed by atoms with E-state index in [0.717, 1.165) is 48.2 Å². The van der Waals surface area contributed by atoms with Crippen LogP contribution >= 0.6 is 11.3 Å². The summed E-state index contributed by atoms with van der Waals surface area (Å²) < 4.78 is 6.07. The zero-order chi connectivity index (χ0) is 13.2. The van der Waals surface area contributed by atoms with Gasteiger partial charge in [0.25, 0.3) is 0 Å². The summed E-state index contributed by atoms with van der Waals surface area (Å²) in [6.45, 7) is 2.15. The van der Waals surface area contributed by atoms with Crippen molar-refractivity contribution in [1.82, 2.24) is 9.97 Å². The predicted octanol–water partition coefficient (Wildman–Crippen LogP) is 2.90. The summed E-state index contributed by atoms with van der Waals surface area (Å²) in [5.41, 5.74) is 5.92. The van der Waals surface area contributed by atoms with Crippen LogP contribution in [0.15, 0.2) is 12.4 Å². The molecular weight excluding hydrogens is 258 g/mol. The predicted molar refractivity (Wildman–Crippen MR) is 77.7 cm³/mol. The summed E-state index contributed by atoms with van der Waals surface area (Å²) in [5.74, 6) is 0.737. The lowest BCUT2D eigenvalue weighted by Gasteiger charge is -2.26. The van der Waals surface area contributed by atoms with Crippen molar-refractivity contribution in [3.63, 3.8) is 0 Å². The SMILES string of the molecule is CCc1cc2c(OC3CCC(N)CC3)ncnc2s1. The molecule has 1 saturated carbocycles. The maximum atomic E-state index is 6.07. The van der Waals surface area contributed by atoms with E-state index in [1.807, 2.05) is 0 Å². The van der Waals surface area contributed by atoms with Gasteiger partial charge in [-0.3, -0.25) is 0 Å². The summed E-state index contributed by atoms with van der Waals surface area (Å²) in [7, 11) is 0. The number of aryl methyl sites for hydroxylation is 1. The standard InChI is InChI=1S/C14H19N3OS/c1-2-11-7-12-13(16-8-17-14(12)19-11)18-10-5-3-9(15)4-6-10/h7-10H,2-6,15H2,1H3. The van der Waals surface area contributed by atoms with Crippen molar-refractivity contribution in [3.8, 4) is 5.88 Å². The first kappa shape index (κ1) is 12.8. The highest BCUT2D eigenvalue weighted by atomic mass is 32.1. The third-order valence-electron chi connectivity index (χ3n) is 3.69. The molecule has 0 bridgehead atoms. The number of nitrogens with zero attached hydrogens (tertiary/aromatic N) is 2. The van der Waals surface area contributed by atoms with Gasteiger partial charge in [0.2, 0.25) is 5.88 Å². The van der Waals surface area contributed by atoms with Crippen LogP contribution in [-0.2, 0) is 6.42 Å². The molecule has 0 atom stereocenters. The number of thiophene rings is 1. The lowest BCUT2D eigenvalue weighted by atomic mass is 9.94. The smallest absolute Gasteiger partial charge is 0.225 e. The summed E-state index contributed by atoms with van der Waals surface area (Å²) in [6.07, 6.45) is 7.02. The summed E-state index contributed by atoms with van der Waals surface area (Å²) in [4.78, 5) is 11.0. The van der Waals surface area contributed by atoms with Crippen molar-refractivity contribution in [2.24, 2.45) is 5.73 Å². The van der Waals surface area contributed by atoms with Crippen molar-refractivity contribution in [2.75, 3.05) is 0 Å². The van der Waals surface area contributed by atoms with Crippen LogP contribution in [0.5, 0.6) is 5.88 Å². The van der Waals surface area contributed by atoms with Crippen molar-refractivity contribution in [3.05, 3.63) is 17.3 Å². The molecule has 1 aliphatic rings. The quantitative estimate of drug-likeness (QED) is 0.937. The van der Waals surface area contributed by atoms with Gasteiger partial charge >= 0.3 is 0 Å². The topological polar surface area (TPSA) is 61.0 Å². The van der Waals surface area contributed by atoms with Crippen LogP contribution in [-0.4, -0.2) is 22.1 Å². The van der Waals surface area contributed by atoms with Crippen LogP contribution in [0.25, 0.3) is 10.2 Å². The number of hydrogen-bond donors (Lipinski definition) is 1. The van der Waals surface area contributed by atoms with Crippen LogP contribution in [0.3, 0.4) is 0 Å². The molecule has 102 valence electrons. The normalized spacial score (nSPS) is 23.7. The minimum absolute atomic E-state index is 0.253. The van der Waals surface area contributed by atoms with Crippen LogP contribution in [0.1, 0.15) is 37.5 Å². The molecule has 4 nitrogen and oxygen atoms in total. The molecule has 1 fully saturated rings. The van der Waals surface area contributed by atoms with Gasteiger partial charge in [-0.05, 0) is 38.2 Å². The molecule has 19 heavy (non-hydrogen) atoms. The first-order valence-corrected chi connectivity index (χ1v) is 7.73. The zero-order valence-electron chi connectivity index (χ0n) is 11.1. The van der Waals surface area contributed by atoms with Crippen LogP contribution in [0.2, 0.25) is 0 Å². The molecule has 0 spiro atoms. The van der Waals surface area contributed by atoms with E-state index in [4.69, 9.17) is 10.5 Å². The van der Waals surface area contributed by atoms with Crippen molar-refractivity contribution < 1.29 is 4.74 Å². The molecule has 5 heteroatoms. The fourth-order valence-corrected chi connectivity index (χ4v) is 3.44. The molecule has 1 aliphatic carbocycles. The second-order valence-electron chi connectivity index (χ2n) is 5.12. The largest absolute Gasteiger partial charge is 0.474 e. The molecule has 2 N–H and O–H groups in total. The molecule has 2 heterocycles.